The summed E-state index contributed by atoms with van der Waals surface area (Å²) in [6.07, 6.45) is -3.61. The Morgan fingerprint density at radius 3 is 2.85 bits per heavy atom. The van der Waals surface area contributed by atoms with Crippen molar-refractivity contribution in [1.29, 1.82) is 0 Å². The van der Waals surface area contributed by atoms with Crippen LogP contribution in [0.15, 0.2) is 17.1 Å². The fraction of sp³-hybridized carbons (Fsp3) is 0.636. The van der Waals surface area contributed by atoms with Gasteiger partial charge in [-0.3, -0.25) is 4.57 Å². The van der Waals surface area contributed by atoms with Gasteiger partial charge >= 0.3 is 5.69 Å². The number of aromatic nitrogens is 2. The lowest BCUT2D eigenvalue weighted by Crippen LogP contribution is -2.51. The van der Waals surface area contributed by atoms with E-state index in [9.17, 15) is 19.4 Å². The Morgan fingerprint density at radius 2 is 2.40 bits per heavy atom. The molecular formula is C11H17FN4O4. The number of anilines is 1. The van der Waals surface area contributed by atoms with Crippen molar-refractivity contribution in [2.45, 2.75) is 24.1 Å². The van der Waals surface area contributed by atoms with Crippen LogP contribution in [-0.4, -0.2) is 57.8 Å². The molecule has 1 aliphatic heterocycles. The number of aliphatic hydroxyl groups excluding tert-OH is 2. The monoisotopic (exact) mass is 288 g/mol. The third kappa shape index (κ3) is 2.18. The minimum absolute atomic E-state index is 0.279. The van der Waals surface area contributed by atoms with Gasteiger partial charge in [0.2, 0.25) is 0 Å². The van der Waals surface area contributed by atoms with Gasteiger partial charge in [0, 0.05) is 19.8 Å². The molecule has 0 saturated carbocycles. The van der Waals surface area contributed by atoms with Crippen LogP contribution < -0.4 is 16.7 Å². The average molecular weight is 288 g/mol. The van der Waals surface area contributed by atoms with Crippen LogP contribution >= 0.6 is 0 Å². The Balaban J connectivity index is 2.37. The van der Waals surface area contributed by atoms with E-state index in [1.165, 1.54) is 12.3 Å². The van der Waals surface area contributed by atoms with E-state index in [-0.39, 0.29) is 6.54 Å². The molecule has 1 fully saturated rings. The second-order valence-electron chi connectivity index (χ2n) is 4.58. The van der Waals surface area contributed by atoms with E-state index in [0.29, 0.717) is 5.82 Å². The van der Waals surface area contributed by atoms with Gasteiger partial charge in [0.1, 0.15) is 17.5 Å². The van der Waals surface area contributed by atoms with Crippen LogP contribution in [-0.2, 0) is 4.74 Å². The van der Waals surface area contributed by atoms with Crippen molar-refractivity contribution in [3.63, 3.8) is 0 Å². The topological polar surface area (TPSA) is 123 Å². The van der Waals surface area contributed by atoms with Crippen LogP contribution in [0.5, 0.6) is 0 Å². The molecule has 0 radical (unpaired) electrons. The Morgan fingerprint density at radius 1 is 1.70 bits per heavy atom. The summed E-state index contributed by atoms with van der Waals surface area (Å²) in [5.41, 5.74) is 3.08. The quantitative estimate of drug-likeness (QED) is 0.515. The number of hydrogen-bond acceptors (Lipinski definition) is 7. The normalized spacial score (nSPS) is 33.4. The Bertz CT molecular complexity index is 533. The third-order valence-corrected chi connectivity index (χ3v) is 3.44. The Kier molecular flexibility index (Phi) is 4.04. The molecule has 5 N–H and O–H groups in total. The third-order valence-electron chi connectivity index (χ3n) is 3.44. The van der Waals surface area contributed by atoms with Gasteiger partial charge in [-0.1, -0.05) is 0 Å². The fourth-order valence-corrected chi connectivity index (χ4v) is 2.14. The standard InChI is InChI=1S/C11H17FN4O4/c1-14-6-2-3-16(10(19)15-6)9-7(12)8(18)11(4-13,5-17)20-9/h2-3,7-9,17-18H,4-5,13H2,1H3,(H,14,15,19)/t7-,8+,9-,11-/m1/s1. The first kappa shape index (κ1) is 14.9. The van der Waals surface area contributed by atoms with E-state index >= 15 is 0 Å². The van der Waals surface area contributed by atoms with E-state index in [0.717, 1.165) is 4.57 Å². The van der Waals surface area contributed by atoms with Crippen LogP contribution in [0.25, 0.3) is 0 Å². The lowest BCUT2D eigenvalue weighted by Gasteiger charge is -2.27. The van der Waals surface area contributed by atoms with Crippen LogP contribution in [0.2, 0.25) is 0 Å². The molecule has 1 saturated heterocycles. The number of alkyl halides is 1. The van der Waals surface area contributed by atoms with Gasteiger partial charge in [0.05, 0.1) is 6.61 Å². The Labute approximate surface area is 114 Å². The average Bonchev–Trinajstić information content (AvgIpc) is 2.72. The molecule has 9 heteroatoms. The Hall–Kier alpha value is -1.55. The maximum Gasteiger partial charge on any atom is 0.351 e. The number of nitrogens with one attached hydrogen (secondary N) is 1. The number of ether oxygens (including phenoxy) is 1. The molecule has 0 amide bonds. The zero-order valence-corrected chi connectivity index (χ0v) is 10.9. The SMILES string of the molecule is CNc1ccn([C@@H]2O[C@](CN)(CO)[C@@H](O)[C@H]2F)c(=O)n1. The number of nitrogens with two attached hydrogens (primary N) is 1. The van der Waals surface area contributed by atoms with E-state index in [1.807, 2.05) is 0 Å². The molecule has 2 heterocycles. The molecule has 0 spiro atoms. The van der Waals surface area contributed by atoms with Crippen molar-refractivity contribution < 1.29 is 19.3 Å². The van der Waals surface area contributed by atoms with Crippen LogP contribution in [0.3, 0.4) is 0 Å². The van der Waals surface area contributed by atoms with Gasteiger partial charge in [-0.25, -0.2) is 9.18 Å². The molecule has 1 aromatic rings. The van der Waals surface area contributed by atoms with Gasteiger partial charge in [0.15, 0.2) is 12.4 Å². The number of hydrogen-bond donors (Lipinski definition) is 4. The lowest BCUT2D eigenvalue weighted by molar-refractivity contribution is -0.122. The van der Waals surface area contributed by atoms with Crippen LogP contribution in [0.1, 0.15) is 6.23 Å². The number of rotatable bonds is 4. The largest absolute Gasteiger partial charge is 0.393 e. The highest BCUT2D eigenvalue weighted by Gasteiger charge is 2.55. The summed E-state index contributed by atoms with van der Waals surface area (Å²) >= 11 is 0. The van der Waals surface area contributed by atoms with Gasteiger partial charge < -0.3 is 26.0 Å². The summed E-state index contributed by atoms with van der Waals surface area (Å²) in [5, 5.41) is 21.8. The van der Waals surface area contributed by atoms with Crippen LogP contribution in [0, 0.1) is 0 Å². The van der Waals surface area contributed by atoms with E-state index in [2.05, 4.69) is 10.3 Å². The summed E-state index contributed by atoms with van der Waals surface area (Å²) in [6.45, 7) is -0.934. The first-order valence-electron chi connectivity index (χ1n) is 6.07. The highest BCUT2D eigenvalue weighted by Crippen LogP contribution is 2.37. The summed E-state index contributed by atoms with van der Waals surface area (Å²) in [4.78, 5) is 15.5. The minimum atomic E-state index is -1.90. The summed E-state index contributed by atoms with van der Waals surface area (Å²) in [7, 11) is 1.59. The second kappa shape index (κ2) is 5.44. The lowest BCUT2D eigenvalue weighted by atomic mass is 9.97. The molecule has 1 aliphatic rings. The van der Waals surface area contributed by atoms with E-state index in [4.69, 9.17) is 10.5 Å². The molecule has 112 valence electrons. The predicted molar refractivity (Wildman–Crippen MR) is 67.9 cm³/mol. The highest BCUT2D eigenvalue weighted by molar-refractivity contribution is 5.30. The first-order chi connectivity index (χ1) is 9.49. The smallest absolute Gasteiger partial charge is 0.351 e. The highest BCUT2D eigenvalue weighted by atomic mass is 19.1. The fourth-order valence-electron chi connectivity index (χ4n) is 2.14. The summed E-state index contributed by atoms with van der Waals surface area (Å²) in [6, 6.07) is 1.46. The van der Waals surface area contributed by atoms with Crippen molar-refractivity contribution >= 4 is 5.82 Å². The van der Waals surface area contributed by atoms with E-state index < -0.39 is 36.4 Å². The maximum absolute atomic E-state index is 14.2. The van der Waals surface area contributed by atoms with Crippen molar-refractivity contribution in [1.82, 2.24) is 9.55 Å². The van der Waals surface area contributed by atoms with E-state index in [1.54, 1.807) is 7.05 Å². The summed E-state index contributed by atoms with van der Waals surface area (Å²) in [5.74, 6) is 0.326. The molecule has 0 bridgehead atoms. The first-order valence-corrected chi connectivity index (χ1v) is 6.07. The van der Waals surface area contributed by atoms with Gasteiger partial charge in [-0.2, -0.15) is 4.98 Å². The second-order valence-corrected chi connectivity index (χ2v) is 4.58. The van der Waals surface area contributed by atoms with Crippen molar-refractivity contribution in [2.24, 2.45) is 5.73 Å². The van der Waals surface area contributed by atoms with Crippen molar-refractivity contribution in [3.05, 3.63) is 22.7 Å². The number of aliphatic hydroxyl groups is 2. The van der Waals surface area contributed by atoms with Crippen molar-refractivity contribution in [2.75, 3.05) is 25.5 Å². The summed E-state index contributed by atoms with van der Waals surface area (Å²) < 4.78 is 20.4. The molecule has 4 atom stereocenters. The molecule has 0 aliphatic carbocycles. The van der Waals surface area contributed by atoms with Gasteiger partial charge in [-0.05, 0) is 6.07 Å². The van der Waals surface area contributed by atoms with Gasteiger partial charge in [-0.15, -0.1) is 0 Å². The zero-order chi connectivity index (χ0) is 14.9. The molecule has 0 unspecified atom stereocenters. The molecule has 2 rings (SSSR count). The molecule has 8 nitrogen and oxygen atoms in total. The number of halogens is 1. The number of nitrogens with zero attached hydrogens (tertiary/aromatic N) is 2. The maximum atomic E-state index is 14.2. The minimum Gasteiger partial charge on any atom is -0.393 e. The molecular weight excluding hydrogens is 271 g/mol. The molecule has 1 aromatic heterocycles. The predicted octanol–water partition coefficient (Wildman–Crippen LogP) is -1.80. The van der Waals surface area contributed by atoms with Crippen molar-refractivity contribution in [3.8, 4) is 0 Å². The molecule has 0 aromatic carbocycles. The van der Waals surface area contributed by atoms with Crippen LogP contribution in [0.4, 0.5) is 10.2 Å². The zero-order valence-electron chi connectivity index (χ0n) is 10.9. The van der Waals surface area contributed by atoms with Gasteiger partial charge in [0.25, 0.3) is 0 Å². The molecule has 20 heavy (non-hydrogen) atoms.